The molecule has 1 N–H and O–H groups in total. The molecule has 15 heavy (non-hydrogen) atoms. The summed E-state index contributed by atoms with van der Waals surface area (Å²) in [7, 11) is 0. The first-order valence-corrected chi connectivity index (χ1v) is 4.94. The van der Waals surface area contributed by atoms with Gasteiger partial charge in [0.25, 0.3) is 0 Å². The first-order valence-electron chi connectivity index (χ1n) is 4.56. The Hall–Kier alpha value is -1.61. The number of aromatic nitrogens is 2. The zero-order valence-corrected chi connectivity index (χ0v) is 8.99. The molecule has 76 valence electrons. The van der Waals surface area contributed by atoms with Crippen molar-refractivity contribution in [2.75, 3.05) is 5.32 Å². The van der Waals surface area contributed by atoms with Gasteiger partial charge in [0.05, 0.1) is 0 Å². The van der Waals surface area contributed by atoms with Crippen LogP contribution < -0.4 is 5.32 Å². The number of hydrogen-bond donors (Lipinski definition) is 1. The summed E-state index contributed by atoms with van der Waals surface area (Å²) in [6.07, 6.45) is 1.72. The minimum Gasteiger partial charge on any atom is -0.324 e. The van der Waals surface area contributed by atoms with Crippen LogP contribution in [0.25, 0.3) is 0 Å². The highest BCUT2D eigenvalue weighted by Gasteiger charge is 1.97. The van der Waals surface area contributed by atoms with Crippen molar-refractivity contribution in [2.45, 2.75) is 6.92 Å². The maximum Gasteiger partial charge on any atom is 0.227 e. The molecule has 4 heteroatoms. The summed E-state index contributed by atoms with van der Waals surface area (Å²) in [5, 5.41) is 3.80. The molecule has 0 aliphatic rings. The van der Waals surface area contributed by atoms with Crippen molar-refractivity contribution < 1.29 is 0 Å². The number of aryl methyl sites for hydroxylation is 1. The van der Waals surface area contributed by atoms with Gasteiger partial charge in [-0.2, -0.15) is 0 Å². The van der Waals surface area contributed by atoms with Gasteiger partial charge in [0.1, 0.15) is 0 Å². The summed E-state index contributed by atoms with van der Waals surface area (Å²) in [5.41, 5.74) is 1.85. The molecular weight excluding hydrogens is 210 g/mol. The average Bonchev–Trinajstić information content (AvgIpc) is 2.22. The molecule has 1 aromatic carbocycles. The van der Waals surface area contributed by atoms with Gasteiger partial charge in [-0.1, -0.05) is 11.6 Å². The molecule has 0 unspecified atom stereocenters. The Balaban J connectivity index is 2.18. The lowest BCUT2D eigenvalue weighted by Crippen LogP contribution is -1.97. The highest BCUT2D eigenvalue weighted by molar-refractivity contribution is 6.30. The number of rotatable bonds is 2. The molecule has 1 heterocycles. The Morgan fingerprint density at radius 3 is 2.53 bits per heavy atom. The molecule has 2 aromatic rings. The second kappa shape index (κ2) is 4.28. The number of nitrogens with zero attached hydrogens (tertiary/aromatic N) is 2. The van der Waals surface area contributed by atoms with E-state index in [-0.39, 0.29) is 0 Å². The molecule has 0 radical (unpaired) electrons. The van der Waals surface area contributed by atoms with Crippen LogP contribution >= 0.6 is 11.6 Å². The Labute approximate surface area is 93.1 Å². The predicted molar refractivity (Wildman–Crippen MR) is 61.5 cm³/mol. The van der Waals surface area contributed by atoms with Crippen LogP contribution in [0.15, 0.2) is 36.5 Å². The predicted octanol–water partition coefficient (Wildman–Crippen LogP) is 3.18. The molecule has 0 aliphatic carbocycles. The smallest absolute Gasteiger partial charge is 0.227 e. The summed E-state index contributed by atoms with van der Waals surface area (Å²) in [5.74, 6) is 0.595. The Bertz CT molecular complexity index is 454. The number of benzene rings is 1. The van der Waals surface area contributed by atoms with Crippen molar-refractivity contribution in [3.05, 3.63) is 47.2 Å². The van der Waals surface area contributed by atoms with Crippen LogP contribution in [0.1, 0.15) is 5.69 Å². The molecule has 2 rings (SSSR count). The number of halogens is 1. The van der Waals surface area contributed by atoms with Crippen molar-refractivity contribution in [3.63, 3.8) is 0 Å². The summed E-state index contributed by atoms with van der Waals surface area (Å²) >= 11 is 5.78. The summed E-state index contributed by atoms with van der Waals surface area (Å²) < 4.78 is 0. The van der Waals surface area contributed by atoms with Gasteiger partial charge in [0.15, 0.2) is 0 Å². The van der Waals surface area contributed by atoms with Crippen LogP contribution in [-0.2, 0) is 0 Å². The molecule has 3 nitrogen and oxygen atoms in total. The van der Waals surface area contributed by atoms with Gasteiger partial charge in [-0.15, -0.1) is 0 Å². The molecule has 0 fully saturated rings. The van der Waals surface area contributed by atoms with E-state index in [0.717, 1.165) is 11.4 Å². The molecule has 0 spiro atoms. The largest absolute Gasteiger partial charge is 0.324 e. The quantitative estimate of drug-likeness (QED) is 0.843. The third kappa shape index (κ3) is 2.67. The fourth-order valence-electron chi connectivity index (χ4n) is 1.17. The number of anilines is 2. The lowest BCUT2D eigenvalue weighted by molar-refractivity contribution is 1.11. The summed E-state index contributed by atoms with van der Waals surface area (Å²) in [4.78, 5) is 8.34. The summed E-state index contributed by atoms with van der Waals surface area (Å²) in [6, 6.07) is 9.26. The fraction of sp³-hybridized carbons (Fsp3) is 0.0909. The molecule has 0 bridgehead atoms. The third-order valence-corrected chi connectivity index (χ3v) is 2.15. The third-order valence-electron chi connectivity index (χ3n) is 1.90. The Morgan fingerprint density at radius 1 is 1.13 bits per heavy atom. The Kier molecular flexibility index (Phi) is 2.83. The standard InChI is InChI=1S/C11H10ClN3/c1-8-6-7-13-11(14-8)15-10-4-2-9(12)3-5-10/h2-7H,1H3,(H,13,14,15). The highest BCUT2D eigenvalue weighted by Crippen LogP contribution is 2.16. The summed E-state index contributed by atoms with van der Waals surface area (Å²) in [6.45, 7) is 1.93. The van der Waals surface area contributed by atoms with Gasteiger partial charge in [-0.3, -0.25) is 0 Å². The maximum atomic E-state index is 5.78. The van der Waals surface area contributed by atoms with Gasteiger partial charge >= 0.3 is 0 Å². The number of hydrogen-bond acceptors (Lipinski definition) is 3. The SMILES string of the molecule is Cc1ccnc(Nc2ccc(Cl)cc2)n1. The van der Waals surface area contributed by atoms with E-state index in [1.807, 2.05) is 37.3 Å². The normalized spacial score (nSPS) is 10.0. The maximum absolute atomic E-state index is 5.78. The average molecular weight is 220 g/mol. The van der Waals surface area contributed by atoms with Gasteiger partial charge in [0, 0.05) is 22.6 Å². The topological polar surface area (TPSA) is 37.8 Å². The van der Waals surface area contributed by atoms with Gasteiger partial charge in [-0.05, 0) is 37.3 Å². The van der Waals surface area contributed by atoms with Crippen molar-refractivity contribution in [1.29, 1.82) is 0 Å². The molecule has 1 aromatic heterocycles. The molecular formula is C11H10ClN3. The second-order valence-corrected chi connectivity index (χ2v) is 3.59. The van der Waals surface area contributed by atoms with E-state index in [9.17, 15) is 0 Å². The molecule has 0 saturated heterocycles. The van der Waals surface area contributed by atoms with E-state index in [1.165, 1.54) is 0 Å². The zero-order chi connectivity index (χ0) is 10.7. The molecule has 0 saturated carbocycles. The zero-order valence-electron chi connectivity index (χ0n) is 8.24. The van der Waals surface area contributed by atoms with Crippen molar-refractivity contribution in [3.8, 4) is 0 Å². The van der Waals surface area contributed by atoms with E-state index in [0.29, 0.717) is 11.0 Å². The monoisotopic (exact) mass is 219 g/mol. The van der Waals surface area contributed by atoms with E-state index in [4.69, 9.17) is 11.6 Å². The lowest BCUT2D eigenvalue weighted by atomic mass is 10.3. The fourth-order valence-corrected chi connectivity index (χ4v) is 1.30. The van der Waals surface area contributed by atoms with Crippen LogP contribution in [0, 0.1) is 6.92 Å². The second-order valence-electron chi connectivity index (χ2n) is 3.15. The van der Waals surface area contributed by atoms with E-state index < -0.39 is 0 Å². The van der Waals surface area contributed by atoms with Crippen LogP contribution in [0.4, 0.5) is 11.6 Å². The van der Waals surface area contributed by atoms with Crippen molar-refractivity contribution in [1.82, 2.24) is 9.97 Å². The van der Waals surface area contributed by atoms with Crippen LogP contribution in [0.2, 0.25) is 5.02 Å². The van der Waals surface area contributed by atoms with Crippen molar-refractivity contribution in [2.24, 2.45) is 0 Å². The number of nitrogens with one attached hydrogen (secondary N) is 1. The van der Waals surface area contributed by atoms with Gasteiger partial charge in [-0.25, -0.2) is 9.97 Å². The first-order chi connectivity index (χ1) is 7.24. The Morgan fingerprint density at radius 2 is 1.87 bits per heavy atom. The van der Waals surface area contributed by atoms with Crippen LogP contribution in [0.3, 0.4) is 0 Å². The van der Waals surface area contributed by atoms with Crippen molar-refractivity contribution >= 4 is 23.2 Å². The van der Waals surface area contributed by atoms with Crippen LogP contribution in [0.5, 0.6) is 0 Å². The first kappa shape index (κ1) is 9.93. The van der Waals surface area contributed by atoms with E-state index >= 15 is 0 Å². The van der Waals surface area contributed by atoms with E-state index in [2.05, 4.69) is 15.3 Å². The molecule has 0 aliphatic heterocycles. The molecule has 0 atom stereocenters. The van der Waals surface area contributed by atoms with E-state index in [1.54, 1.807) is 6.20 Å². The van der Waals surface area contributed by atoms with Gasteiger partial charge in [0.2, 0.25) is 5.95 Å². The molecule has 0 amide bonds. The highest BCUT2D eigenvalue weighted by atomic mass is 35.5. The lowest BCUT2D eigenvalue weighted by Gasteiger charge is -2.04. The minimum atomic E-state index is 0.595. The van der Waals surface area contributed by atoms with Crippen LogP contribution in [-0.4, -0.2) is 9.97 Å². The van der Waals surface area contributed by atoms with Gasteiger partial charge < -0.3 is 5.32 Å². The minimum absolute atomic E-state index is 0.595.